The molecule has 6 rings (SSSR count). The van der Waals surface area contributed by atoms with Gasteiger partial charge in [0.1, 0.15) is 17.5 Å². The molecule has 0 bridgehead atoms. The molecule has 0 aliphatic carbocycles. The van der Waals surface area contributed by atoms with Crippen molar-refractivity contribution in [2.45, 2.75) is 64.6 Å². The Labute approximate surface area is 258 Å². The maximum absolute atomic E-state index is 13.0. The van der Waals surface area contributed by atoms with Crippen molar-refractivity contribution in [3.05, 3.63) is 53.2 Å². The van der Waals surface area contributed by atoms with Crippen LogP contribution in [0.1, 0.15) is 72.7 Å². The number of nitrogens with zero attached hydrogens (tertiary/aromatic N) is 5. The lowest BCUT2D eigenvalue weighted by Gasteiger charge is -2.40. The fraction of sp³-hybridized carbons (Fsp3) is 0.545. The molecule has 1 aromatic carbocycles. The van der Waals surface area contributed by atoms with Gasteiger partial charge in [0.15, 0.2) is 0 Å². The average Bonchev–Trinajstić information content (AvgIpc) is 3.32. The summed E-state index contributed by atoms with van der Waals surface area (Å²) in [5.74, 6) is 0.408. The molecule has 0 radical (unpaired) electrons. The van der Waals surface area contributed by atoms with Gasteiger partial charge in [-0.2, -0.15) is 0 Å². The normalized spacial score (nSPS) is 21.8. The van der Waals surface area contributed by atoms with E-state index in [1.807, 2.05) is 39.0 Å². The van der Waals surface area contributed by atoms with E-state index < -0.39 is 11.6 Å². The van der Waals surface area contributed by atoms with Crippen LogP contribution in [0.2, 0.25) is 0 Å². The molecule has 1 aromatic heterocycles. The van der Waals surface area contributed by atoms with Crippen molar-refractivity contribution < 1.29 is 23.9 Å². The second kappa shape index (κ2) is 12.2. The smallest absolute Gasteiger partial charge is 0.340 e. The lowest BCUT2D eigenvalue weighted by molar-refractivity contribution is -0.136. The molecule has 5 heterocycles. The molecule has 4 aliphatic heterocycles. The third-order valence-electron chi connectivity index (χ3n) is 9.08. The maximum Gasteiger partial charge on any atom is 0.340 e. The molecule has 44 heavy (non-hydrogen) atoms. The molecule has 2 aromatic rings. The predicted octanol–water partition coefficient (Wildman–Crippen LogP) is 2.84. The average molecular weight is 603 g/mol. The van der Waals surface area contributed by atoms with Crippen molar-refractivity contribution in [2.24, 2.45) is 5.92 Å². The highest BCUT2D eigenvalue weighted by Gasteiger charge is 2.39. The van der Waals surface area contributed by atoms with Gasteiger partial charge in [0.05, 0.1) is 5.56 Å². The summed E-state index contributed by atoms with van der Waals surface area (Å²) in [6, 6.07) is 9.13. The Morgan fingerprint density at radius 1 is 0.955 bits per heavy atom. The van der Waals surface area contributed by atoms with Crippen molar-refractivity contribution in [3.8, 4) is 0 Å². The number of pyridine rings is 1. The SMILES string of the molecule is CC(C)(C)OC(=O)c1ccc(N2CCC(CN3CCN(c4ccc5c(c4)CN([C@H]4CCC(=O)NC4=O)C5=O)CC3)CC2)nc1. The van der Waals surface area contributed by atoms with Crippen molar-refractivity contribution in [1.82, 2.24) is 20.1 Å². The number of nitrogens with one attached hydrogen (secondary N) is 1. The Morgan fingerprint density at radius 3 is 2.36 bits per heavy atom. The van der Waals surface area contributed by atoms with Crippen molar-refractivity contribution in [1.29, 1.82) is 0 Å². The first kappa shape index (κ1) is 30.1. The lowest BCUT2D eigenvalue weighted by Crippen LogP contribution is -2.52. The number of rotatable bonds is 6. The number of fused-ring (bicyclic) bond motifs is 1. The van der Waals surface area contributed by atoms with Crippen molar-refractivity contribution in [2.75, 3.05) is 55.6 Å². The number of piperidine rings is 2. The summed E-state index contributed by atoms with van der Waals surface area (Å²) in [7, 11) is 0. The molecule has 3 fully saturated rings. The van der Waals surface area contributed by atoms with Crippen LogP contribution in [-0.2, 0) is 20.9 Å². The molecule has 4 aliphatic rings. The molecule has 0 unspecified atom stereocenters. The van der Waals surface area contributed by atoms with Gasteiger partial charge in [-0.25, -0.2) is 9.78 Å². The van der Waals surface area contributed by atoms with Crippen LogP contribution in [0.15, 0.2) is 36.5 Å². The van der Waals surface area contributed by atoms with Crippen LogP contribution in [0.3, 0.4) is 0 Å². The molecular formula is C33H42N6O5. The van der Waals surface area contributed by atoms with Gasteiger partial charge < -0.3 is 19.4 Å². The van der Waals surface area contributed by atoms with Gasteiger partial charge >= 0.3 is 5.97 Å². The molecule has 0 saturated carbocycles. The summed E-state index contributed by atoms with van der Waals surface area (Å²) >= 11 is 0. The first-order valence-corrected chi connectivity index (χ1v) is 15.7. The second-order valence-electron chi connectivity index (χ2n) is 13.4. The summed E-state index contributed by atoms with van der Waals surface area (Å²) in [4.78, 5) is 62.7. The number of hydrogen-bond donors (Lipinski definition) is 1. The Kier molecular flexibility index (Phi) is 8.32. The lowest BCUT2D eigenvalue weighted by atomic mass is 9.96. The highest BCUT2D eigenvalue weighted by Crippen LogP contribution is 2.31. The number of ether oxygens (including phenoxy) is 1. The third-order valence-corrected chi connectivity index (χ3v) is 9.08. The summed E-state index contributed by atoms with van der Waals surface area (Å²) in [6.07, 6.45) is 4.46. The summed E-state index contributed by atoms with van der Waals surface area (Å²) in [5.41, 5.74) is 2.65. The summed E-state index contributed by atoms with van der Waals surface area (Å²) < 4.78 is 5.44. The molecule has 3 saturated heterocycles. The molecule has 11 heteroatoms. The van der Waals surface area contributed by atoms with E-state index in [9.17, 15) is 19.2 Å². The number of benzene rings is 1. The van der Waals surface area contributed by atoms with E-state index in [2.05, 4.69) is 31.1 Å². The molecule has 234 valence electrons. The largest absolute Gasteiger partial charge is 0.456 e. The van der Waals surface area contributed by atoms with Gasteiger partial charge in [-0.05, 0) is 81.8 Å². The van der Waals surface area contributed by atoms with Gasteiger partial charge in [-0.15, -0.1) is 0 Å². The third kappa shape index (κ3) is 6.57. The van der Waals surface area contributed by atoms with Gasteiger partial charge in [-0.3, -0.25) is 24.6 Å². The first-order valence-electron chi connectivity index (χ1n) is 15.7. The number of carbonyl (C=O) groups excluding carboxylic acids is 4. The van der Waals surface area contributed by atoms with E-state index in [-0.39, 0.29) is 30.1 Å². The first-order chi connectivity index (χ1) is 21.0. The fourth-order valence-electron chi connectivity index (χ4n) is 6.69. The molecule has 0 spiro atoms. The number of piperazine rings is 1. The van der Waals surface area contributed by atoms with Gasteiger partial charge in [0.2, 0.25) is 11.8 Å². The molecule has 1 atom stereocenters. The second-order valence-corrected chi connectivity index (χ2v) is 13.4. The van der Waals surface area contributed by atoms with E-state index in [0.29, 0.717) is 30.0 Å². The van der Waals surface area contributed by atoms with Gasteiger partial charge in [-0.1, -0.05) is 0 Å². The van der Waals surface area contributed by atoms with Crippen LogP contribution in [0.5, 0.6) is 0 Å². The van der Waals surface area contributed by atoms with E-state index in [0.717, 1.165) is 75.7 Å². The number of carbonyl (C=O) groups is 4. The number of hydrogen-bond acceptors (Lipinski definition) is 9. The molecule has 3 amide bonds. The molecule has 1 N–H and O–H groups in total. The van der Waals surface area contributed by atoms with E-state index in [1.165, 1.54) is 0 Å². The standard InChI is InChI=1S/C33H42N6O5/c1-33(2,3)44-32(43)23-4-8-28(34-19-23)38-12-10-22(11-13-38)20-36-14-16-37(17-15-36)25-5-6-26-24(18-25)21-39(31(26)42)27-7-9-29(40)35-30(27)41/h4-6,8,18-19,22,27H,7,9-17,20-21H2,1-3H3,(H,35,40,41)/t27-/m0/s1. The van der Waals surface area contributed by atoms with Crippen LogP contribution < -0.4 is 15.1 Å². The number of aromatic nitrogens is 1. The topological polar surface area (TPSA) is 115 Å². The van der Waals surface area contributed by atoms with E-state index in [4.69, 9.17) is 4.74 Å². The zero-order chi connectivity index (χ0) is 31.0. The molecule has 11 nitrogen and oxygen atoms in total. The Hall–Kier alpha value is -3.99. The summed E-state index contributed by atoms with van der Waals surface area (Å²) in [6.45, 7) is 12.8. The minimum Gasteiger partial charge on any atom is -0.456 e. The highest BCUT2D eigenvalue weighted by atomic mass is 16.6. The van der Waals surface area contributed by atoms with Crippen LogP contribution in [0.4, 0.5) is 11.5 Å². The minimum atomic E-state index is -0.590. The van der Waals surface area contributed by atoms with E-state index in [1.54, 1.807) is 17.2 Å². The van der Waals surface area contributed by atoms with Crippen molar-refractivity contribution in [3.63, 3.8) is 0 Å². The van der Waals surface area contributed by atoms with Crippen molar-refractivity contribution >= 4 is 35.2 Å². The predicted molar refractivity (Wildman–Crippen MR) is 165 cm³/mol. The Bertz CT molecular complexity index is 1420. The number of esters is 1. The highest BCUT2D eigenvalue weighted by molar-refractivity contribution is 6.05. The Morgan fingerprint density at radius 2 is 1.70 bits per heavy atom. The van der Waals surface area contributed by atoms with Crippen LogP contribution in [0, 0.1) is 5.92 Å². The quantitative estimate of drug-likeness (QED) is 0.394. The number of anilines is 2. The molecular weight excluding hydrogens is 560 g/mol. The van der Waals surface area contributed by atoms with Crippen LogP contribution in [0.25, 0.3) is 0 Å². The number of amides is 3. The van der Waals surface area contributed by atoms with Crippen LogP contribution >= 0.6 is 0 Å². The zero-order valence-corrected chi connectivity index (χ0v) is 25.9. The van der Waals surface area contributed by atoms with Gasteiger partial charge in [0.25, 0.3) is 5.91 Å². The minimum absolute atomic E-state index is 0.134. The van der Waals surface area contributed by atoms with Gasteiger partial charge in [0, 0.05) is 76.2 Å². The zero-order valence-electron chi connectivity index (χ0n) is 25.9. The monoisotopic (exact) mass is 602 g/mol. The van der Waals surface area contributed by atoms with Crippen LogP contribution in [-0.4, -0.2) is 95.9 Å². The fourth-order valence-corrected chi connectivity index (χ4v) is 6.69. The summed E-state index contributed by atoms with van der Waals surface area (Å²) in [5, 5.41) is 2.37. The maximum atomic E-state index is 13.0. The number of imide groups is 1. The Balaban J connectivity index is 0.961. The van der Waals surface area contributed by atoms with E-state index >= 15 is 0 Å².